The molecule has 6 heteroatoms. The van der Waals surface area contributed by atoms with Gasteiger partial charge in [-0.25, -0.2) is 8.42 Å². The van der Waals surface area contributed by atoms with Crippen LogP contribution in [0.25, 0.3) is 0 Å². The summed E-state index contributed by atoms with van der Waals surface area (Å²) in [4.78, 5) is 0.0617. The molecule has 0 heterocycles. The van der Waals surface area contributed by atoms with Gasteiger partial charge < -0.3 is 5.73 Å². The Balaban J connectivity index is 2.42. The van der Waals surface area contributed by atoms with Gasteiger partial charge in [-0.3, -0.25) is 0 Å². The third-order valence-electron chi connectivity index (χ3n) is 4.00. The number of nitrogen functional groups attached to an aromatic ring is 1. The number of nitrogens with two attached hydrogens (primary N) is 1. The van der Waals surface area contributed by atoms with Crippen molar-refractivity contribution in [3.8, 4) is 6.07 Å². The zero-order valence-corrected chi connectivity index (χ0v) is 13.1. The first-order chi connectivity index (χ1) is 10.0. The maximum atomic E-state index is 12.9. The number of benzene rings is 1. The highest BCUT2D eigenvalue weighted by Crippen LogP contribution is 2.29. The number of rotatable bonds is 4. The maximum Gasteiger partial charge on any atom is 0.244 e. The van der Waals surface area contributed by atoms with Gasteiger partial charge in [0.05, 0.1) is 5.56 Å². The summed E-state index contributed by atoms with van der Waals surface area (Å²) in [6.07, 6.45) is 5.07. The Hall–Kier alpha value is -1.58. The fourth-order valence-corrected chi connectivity index (χ4v) is 4.80. The molecule has 0 unspecified atom stereocenters. The lowest BCUT2D eigenvalue weighted by Crippen LogP contribution is -2.41. The van der Waals surface area contributed by atoms with Crippen LogP contribution < -0.4 is 5.73 Å². The normalized spacial score (nSPS) is 16.8. The summed E-state index contributed by atoms with van der Waals surface area (Å²) in [7, 11) is -3.65. The fourth-order valence-electron chi connectivity index (χ4n) is 2.98. The predicted octanol–water partition coefficient (Wildman–Crippen LogP) is 2.48. The Bertz CT molecular complexity index is 643. The molecule has 114 valence electrons. The minimum absolute atomic E-state index is 0.0397. The molecule has 0 saturated heterocycles. The lowest BCUT2D eigenvalue weighted by molar-refractivity contribution is 0.261. The second-order valence-corrected chi connectivity index (χ2v) is 7.23. The van der Waals surface area contributed by atoms with Crippen LogP contribution in [0.4, 0.5) is 5.69 Å². The predicted molar refractivity (Wildman–Crippen MR) is 82.0 cm³/mol. The lowest BCUT2D eigenvalue weighted by Gasteiger charge is -2.32. The second-order valence-electron chi connectivity index (χ2n) is 5.37. The van der Waals surface area contributed by atoms with Gasteiger partial charge in [-0.2, -0.15) is 9.57 Å². The molecule has 0 radical (unpaired) electrons. The van der Waals surface area contributed by atoms with Crippen LogP contribution in [-0.2, 0) is 10.0 Å². The lowest BCUT2D eigenvalue weighted by atomic mass is 9.95. The van der Waals surface area contributed by atoms with E-state index < -0.39 is 10.0 Å². The summed E-state index contributed by atoms with van der Waals surface area (Å²) in [5.74, 6) is 0. The van der Waals surface area contributed by atoms with Crippen LogP contribution in [0.2, 0.25) is 0 Å². The molecule has 0 atom stereocenters. The van der Waals surface area contributed by atoms with E-state index in [1.165, 1.54) is 24.6 Å². The summed E-state index contributed by atoms with van der Waals surface area (Å²) in [6.45, 7) is 2.26. The van der Waals surface area contributed by atoms with E-state index in [0.29, 0.717) is 12.2 Å². The Labute approximate surface area is 126 Å². The van der Waals surface area contributed by atoms with Gasteiger partial charge in [0.1, 0.15) is 11.0 Å². The first kappa shape index (κ1) is 15.8. The van der Waals surface area contributed by atoms with Crippen LogP contribution in [0.1, 0.15) is 44.6 Å². The van der Waals surface area contributed by atoms with Gasteiger partial charge in [0.15, 0.2) is 0 Å². The summed E-state index contributed by atoms with van der Waals surface area (Å²) >= 11 is 0. The number of nitriles is 1. The Morgan fingerprint density at radius 1 is 1.33 bits per heavy atom. The summed E-state index contributed by atoms with van der Waals surface area (Å²) in [5.41, 5.74) is 6.15. The molecule has 0 aromatic heterocycles. The minimum atomic E-state index is -3.65. The third-order valence-corrected chi connectivity index (χ3v) is 6.09. The standard InChI is InChI=1S/C15H21N3O2S/c1-2-18(14-6-4-3-5-7-14)21(19,20)15-9-8-13(17)10-12(15)11-16/h8-10,14H,2-7,17H2,1H3. The molecule has 1 saturated carbocycles. The van der Waals surface area contributed by atoms with Crippen molar-refractivity contribution in [3.05, 3.63) is 23.8 Å². The highest BCUT2D eigenvalue weighted by molar-refractivity contribution is 7.89. The fraction of sp³-hybridized carbons (Fsp3) is 0.533. The van der Waals surface area contributed by atoms with Gasteiger partial charge in [0.2, 0.25) is 10.0 Å². The molecule has 1 aromatic rings. The molecule has 0 amide bonds. The van der Waals surface area contributed by atoms with Crippen molar-refractivity contribution in [2.75, 3.05) is 12.3 Å². The number of sulfonamides is 1. The van der Waals surface area contributed by atoms with Crippen molar-refractivity contribution in [1.29, 1.82) is 5.26 Å². The molecule has 0 spiro atoms. The van der Waals surface area contributed by atoms with E-state index in [1.54, 1.807) is 4.31 Å². The highest BCUT2D eigenvalue weighted by atomic mass is 32.2. The number of hydrogen-bond donors (Lipinski definition) is 1. The van der Waals surface area contributed by atoms with Crippen LogP contribution in [0, 0.1) is 11.3 Å². The molecule has 1 aromatic carbocycles. The van der Waals surface area contributed by atoms with Gasteiger partial charge in [0.25, 0.3) is 0 Å². The van der Waals surface area contributed by atoms with Crippen LogP contribution >= 0.6 is 0 Å². The monoisotopic (exact) mass is 307 g/mol. The molecule has 2 rings (SSSR count). The van der Waals surface area contributed by atoms with Crippen molar-refractivity contribution in [2.24, 2.45) is 0 Å². The average molecular weight is 307 g/mol. The zero-order valence-electron chi connectivity index (χ0n) is 12.2. The largest absolute Gasteiger partial charge is 0.399 e. The van der Waals surface area contributed by atoms with Gasteiger partial charge in [-0.15, -0.1) is 0 Å². The van der Waals surface area contributed by atoms with Crippen LogP contribution in [-0.4, -0.2) is 25.3 Å². The van der Waals surface area contributed by atoms with E-state index in [2.05, 4.69) is 0 Å². The van der Waals surface area contributed by atoms with E-state index in [-0.39, 0.29) is 16.5 Å². The van der Waals surface area contributed by atoms with Crippen molar-refractivity contribution in [1.82, 2.24) is 4.31 Å². The first-order valence-corrected chi connectivity index (χ1v) is 8.76. The molecule has 1 aliphatic carbocycles. The van der Waals surface area contributed by atoms with E-state index in [1.807, 2.05) is 13.0 Å². The summed E-state index contributed by atoms with van der Waals surface area (Å²) in [6, 6.07) is 6.37. The van der Waals surface area contributed by atoms with E-state index in [0.717, 1.165) is 25.7 Å². The van der Waals surface area contributed by atoms with Gasteiger partial charge in [0, 0.05) is 18.3 Å². The molecule has 21 heavy (non-hydrogen) atoms. The van der Waals surface area contributed by atoms with Crippen molar-refractivity contribution in [3.63, 3.8) is 0 Å². The third kappa shape index (κ3) is 3.20. The molecule has 1 aliphatic rings. The average Bonchev–Trinajstić information content (AvgIpc) is 2.48. The van der Waals surface area contributed by atoms with Gasteiger partial charge in [-0.1, -0.05) is 26.2 Å². The Morgan fingerprint density at radius 2 is 2.00 bits per heavy atom. The summed E-state index contributed by atoms with van der Waals surface area (Å²) in [5, 5.41) is 9.18. The zero-order chi connectivity index (χ0) is 15.5. The van der Waals surface area contributed by atoms with Crippen LogP contribution in [0.3, 0.4) is 0 Å². The van der Waals surface area contributed by atoms with Crippen LogP contribution in [0.15, 0.2) is 23.1 Å². The Morgan fingerprint density at radius 3 is 2.57 bits per heavy atom. The second kappa shape index (κ2) is 6.46. The van der Waals surface area contributed by atoms with Gasteiger partial charge in [-0.05, 0) is 31.0 Å². The molecular weight excluding hydrogens is 286 g/mol. The van der Waals surface area contributed by atoms with Gasteiger partial charge >= 0.3 is 0 Å². The van der Waals surface area contributed by atoms with E-state index >= 15 is 0 Å². The first-order valence-electron chi connectivity index (χ1n) is 7.32. The Kier molecular flexibility index (Phi) is 4.86. The topological polar surface area (TPSA) is 87.2 Å². The SMILES string of the molecule is CCN(C1CCCCC1)S(=O)(=O)c1ccc(N)cc1C#N. The molecule has 0 bridgehead atoms. The molecule has 0 aliphatic heterocycles. The molecule has 5 nitrogen and oxygen atoms in total. The number of nitrogens with zero attached hydrogens (tertiary/aromatic N) is 2. The van der Waals surface area contributed by atoms with E-state index in [4.69, 9.17) is 5.73 Å². The van der Waals surface area contributed by atoms with Crippen molar-refractivity contribution in [2.45, 2.75) is 50.0 Å². The minimum Gasteiger partial charge on any atom is -0.399 e. The van der Waals surface area contributed by atoms with Crippen molar-refractivity contribution >= 4 is 15.7 Å². The molecular formula is C15H21N3O2S. The smallest absolute Gasteiger partial charge is 0.244 e. The molecule has 1 fully saturated rings. The van der Waals surface area contributed by atoms with Crippen LogP contribution in [0.5, 0.6) is 0 Å². The number of hydrogen-bond acceptors (Lipinski definition) is 4. The van der Waals surface area contributed by atoms with Crippen molar-refractivity contribution < 1.29 is 8.42 Å². The van der Waals surface area contributed by atoms with E-state index in [9.17, 15) is 13.7 Å². The quantitative estimate of drug-likeness (QED) is 0.866. The maximum absolute atomic E-state index is 12.9. The highest BCUT2D eigenvalue weighted by Gasteiger charge is 2.32. The molecule has 2 N–H and O–H groups in total. The summed E-state index contributed by atoms with van der Waals surface area (Å²) < 4.78 is 27.3. The number of anilines is 1.